The van der Waals surface area contributed by atoms with Crippen molar-refractivity contribution in [3.63, 3.8) is 0 Å². The van der Waals surface area contributed by atoms with Gasteiger partial charge in [-0.05, 0) is 140 Å². The van der Waals surface area contributed by atoms with E-state index < -0.39 is 11.6 Å². The van der Waals surface area contributed by atoms with Crippen molar-refractivity contribution in [2.24, 2.45) is 0 Å². The van der Waals surface area contributed by atoms with Gasteiger partial charge in [-0.2, -0.15) is 0 Å². The molecule has 0 unspecified atom stereocenters. The Bertz CT molecular complexity index is 1750. The van der Waals surface area contributed by atoms with Crippen LogP contribution in [-0.4, -0.2) is 17.5 Å². The van der Waals surface area contributed by atoms with Crippen molar-refractivity contribution in [3.05, 3.63) is 123 Å². The Labute approximate surface area is 295 Å². The van der Waals surface area contributed by atoms with Crippen LogP contribution in [0.2, 0.25) is 0 Å². The summed E-state index contributed by atoms with van der Waals surface area (Å²) in [5.74, 6) is -0.110. The topological polar surface area (TPSA) is 52.6 Å². The van der Waals surface area contributed by atoms with Crippen LogP contribution in [0.4, 0.5) is 0 Å². The quantitative estimate of drug-likeness (QED) is 0.112. The largest absolute Gasteiger partial charge is 0.456 e. The maximum absolute atomic E-state index is 13.3. The summed E-state index contributed by atoms with van der Waals surface area (Å²) in [5.41, 5.74) is 10.9. The second-order valence-electron chi connectivity index (χ2n) is 14.9. The van der Waals surface area contributed by atoms with E-state index in [0.717, 1.165) is 47.9 Å². The van der Waals surface area contributed by atoms with Crippen LogP contribution in [0.15, 0.2) is 72.8 Å². The first-order chi connectivity index (χ1) is 23.0. The molecule has 0 N–H and O–H groups in total. The number of hydrogen-bond acceptors (Lipinski definition) is 4. The average Bonchev–Trinajstić information content (AvgIpc) is 3.09. The lowest BCUT2D eigenvalue weighted by atomic mass is 9.70. The highest BCUT2D eigenvalue weighted by Gasteiger charge is 2.31. The summed E-state index contributed by atoms with van der Waals surface area (Å²) in [6.45, 7) is 26.0. The van der Waals surface area contributed by atoms with Gasteiger partial charge in [0.15, 0.2) is 0 Å². The van der Waals surface area contributed by atoms with E-state index in [9.17, 15) is 9.59 Å². The van der Waals surface area contributed by atoms with Crippen LogP contribution in [0.3, 0.4) is 0 Å². The van der Waals surface area contributed by atoms with Crippen molar-refractivity contribution in [1.82, 2.24) is 0 Å². The maximum atomic E-state index is 13.3. The summed E-state index contributed by atoms with van der Waals surface area (Å²) in [6.07, 6.45) is 3.75. The number of benzene rings is 4. The van der Waals surface area contributed by atoms with Crippen molar-refractivity contribution in [3.8, 4) is 16.9 Å². The summed E-state index contributed by atoms with van der Waals surface area (Å²) >= 11 is 0. The van der Waals surface area contributed by atoms with E-state index in [0.29, 0.717) is 16.9 Å². The highest BCUT2D eigenvalue weighted by atomic mass is 16.6. The summed E-state index contributed by atoms with van der Waals surface area (Å²) in [5, 5.41) is 0. The molecule has 4 aromatic rings. The van der Waals surface area contributed by atoms with Gasteiger partial charge in [-0.15, -0.1) is 0 Å². The Balaban J connectivity index is 1.51. The molecule has 4 aromatic carbocycles. The third-order valence-electron chi connectivity index (χ3n) is 11.2. The zero-order valence-corrected chi connectivity index (χ0v) is 31.9. The van der Waals surface area contributed by atoms with Crippen molar-refractivity contribution in [1.29, 1.82) is 0 Å². The van der Waals surface area contributed by atoms with Gasteiger partial charge < -0.3 is 9.47 Å². The Morgan fingerprint density at radius 2 is 0.939 bits per heavy atom. The Kier molecular flexibility index (Phi) is 11.3. The fourth-order valence-electron chi connectivity index (χ4n) is 6.94. The standard InChI is InChI=1S/C45H56O4/c1-13-44(11,14-2)39-29(5)25-37(26-30(39)6)43(9,10)38-27-31(7)40(32(8)28-38)48-41(46)35-21-17-33(18-22-35)34-19-23-36(24-20-34)42(47)49-45(12,15-3)16-4/h17-28H,13-16H2,1-12H3. The van der Waals surface area contributed by atoms with Crippen LogP contribution >= 0.6 is 0 Å². The fraction of sp³-hybridized carbons (Fsp3) is 0.422. The monoisotopic (exact) mass is 660 g/mol. The molecule has 0 amide bonds. The molecule has 0 aliphatic carbocycles. The highest BCUT2D eigenvalue weighted by molar-refractivity contribution is 5.92. The van der Waals surface area contributed by atoms with Gasteiger partial charge in [0.25, 0.3) is 0 Å². The second-order valence-corrected chi connectivity index (χ2v) is 14.9. The van der Waals surface area contributed by atoms with E-state index in [-0.39, 0.29) is 16.8 Å². The summed E-state index contributed by atoms with van der Waals surface area (Å²) in [4.78, 5) is 26.0. The minimum atomic E-state index is -0.466. The van der Waals surface area contributed by atoms with E-state index in [1.165, 1.54) is 27.8 Å². The molecule has 0 bridgehead atoms. The molecule has 0 fully saturated rings. The van der Waals surface area contributed by atoms with Crippen LogP contribution in [0, 0.1) is 27.7 Å². The molecule has 0 heterocycles. The maximum Gasteiger partial charge on any atom is 0.343 e. The van der Waals surface area contributed by atoms with Crippen LogP contribution in [-0.2, 0) is 15.6 Å². The van der Waals surface area contributed by atoms with Crippen molar-refractivity contribution >= 4 is 11.9 Å². The van der Waals surface area contributed by atoms with Gasteiger partial charge in [-0.3, -0.25) is 0 Å². The Morgan fingerprint density at radius 1 is 0.551 bits per heavy atom. The number of aryl methyl sites for hydroxylation is 4. The normalized spacial score (nSPS) is 12.2. The van der Waals surface area contributed by atoms with E-state index in [4.69, 9.17) is 9.47 Å². The van der Waals surface area contributed by atoms with Gasteiger partial charge >= 0.3 is 11.9 Å². The molecular weight excluding hydrogens is 604 g/mol. The average molecular weight is 661 g/mol. The molecule has 0 spiro atoms. The molecular formula is C45H56O4. The lowest BCUT2D eigenvalue weighted by Crippen LogP contribution is -2.30. The second kappa shape index (κ2) is 14.7. The minimum absolute atomic E-state index is 0.171. The number of hydrogen-bond donors (Lipinski definition) is 0. The molecule has 0 saturated carbocycles. The summed E-state index contributed by atoms with van der Waals surface area (Å²) in [7, 11) is 0. The predicted molar refractivity (Wildman–Crippen MR) is 203 cm³/mol. The molecule has 0 aromatic heterocycles. The zero-order valence-electron chi connectivity index (χ0n) is 31.9. The molecule has 0 atom stereocenters. The number of carbonyl (C=O) groups excluding carboxylic acids is 2. The van der Waals surface area contributed by atoms with Crippen molar-refractivity contribution < 1.29 is 19.1 Å². The van der Waals surface area contributed by atoms with E-state index >= 15 is 0 Å². The molecule has 49 heavy (non-hydrogen) atoms. The molecule has 0 radical (unpaired) electrons. The number of carbonyl (C=O) groups is 2. The molecule has 0 aliphatic heterocycles. The summed E-state index contributed by atoms with van der Waals surface area (Å²) in [6, 6.07) is 23.8. The predicted octanol–water partition coefficient (Wildman–Crippen LogP) is 11.9. The first-order valence-corrected chi connectivity index (χ1v) is 17.9. The first kappa shape index (κ1) is 37.6. The lowest BCUT2D eigenvalue weighted by molar-refractivity contribution is -0.0131. The van der Waals surface area contributed by atoms with Gasteiger partial charge in [-0.1, -0.05) is 97.0 Å². The van der Waals surface area contributed by atoms with Crippen molar-refractivity contribution in [2.75, 3.05) is 0 Å². The summed E-state index contributed by atoms with van der Waals surface area (Å²) < 4.78 is 11.8. The van der Waals surface area contributed by atoms with Crippen LogP contribution in [0.5, 0.6) is 5.75 Å². The van der Waals surface area contributed by atoms with Gasteiger partial charge in [0.1, 0.15) is 11.4 Å². The molecule has 260 valence electrons. The number of rotatable bonds is 12. The Hall–Kier alpha value is -4.18. The molecule has 0 saturated heterocycles. The van der Waals surface area contributed by atoms with E-state index in [1.54, 1.807) is 24.3 Å². The fourth-order valence-corrected chi connectivity index (χ4v) is 6.94. The molecule has 0 aliphatic rings. The van der Waals surface area contributed by atoms with Gasteiger partial charge in [-0.25, -0.2) is 9.59 Å². The molecule has 4 heteroatoms. The smallest absolute Gasteiger partial charge is 0.343 e. The van der Waals surface area contributed by atoms with Crippen LogP contribution in [0.1, 0.15) is 141 Å². The zero-order chi connectivity index (χ0) is 36.3. The minimum Gasteiger partial charge on any atom is -0.456 e. The lowest BCUT2D eigenvalue weighted by Gasteiger charge is -2.34. The third-order valence-corrected chi connectivity index (χ3v) is 11.2. The van der Waals surface area contributed by atoms with E-state index in [1.807, 2.05) is 58.9 Å². The van der Waals surface area contributed by atoms with Crippen molar-refractivity contribution in [2.45, 2.75) is 125 Å². The SMILES string of the molecule is CCC(C)(CC)OC(=O)c1ccc(-c2ccc(C(=O)Oc3c(C)cc(C(C)(C)c4cc(C)c(C(C)(CC)CC)c(C)c4)cc3C)cc2)cc1. The molecule has 4 nitrogen and oxygen atoms in total. The van der Waals surface area contributed by atoms with Crippen LogP contribution < -0.4 is 4.74 Å². The number of ether oxygens (including phenoxy) is 2. The molecule has 4 rings (SSSR count). The van der Waals surface area contributed by atoms with E-state index in [2.05, 4.69) is 72.7 Å². The first-order valence-electron chi connectivity index (χ1n) is 17.9. The highest BCUT2D eigenvalue weighted by Crippen LogP contribution is 2.41. The van der Waals surface area contributed by atoms with Gasteiger partial charge in [0.05, 0.1) is 11.1 Å². The van der Waals surface area contributed by atoms with Crippen LogP contribution in [0.25, 0.3) is 11.1 Å². The Morgan fingerprint density at radius 3 is 1.33 bits per heavy atom. The van der Waals surface area contributed by atoms with Gasteiger partial charge in [0.2, 0.25) is 0 Å². The number of esters is 2. The third kappa shape index (κ3) is 7.85. The van der Waals surface area contributed by atoms with Gasteiger partial charge in [0, 0.05) is 5.41 Å².